The monoisotopic (exact) mass is 448 g/mol. The minimum absolute atomic E-state index is 0.109. The van der Waals surface area contributed by atoms with Gasteiger partial charge in [-0.05, 0) is 68.5 Å². The molecular weight excluding hydrogens is 420 g/mol. The summed E-state index contributed by atoms with van der Waals surface area (Å²) < 4.78 is 27.7. The number of carbonyl (C=O) groups is 1. The predicted octanol–water partition coefficient (Wildman–Crippen LogP) is 5.01. The van der Waals surface area contributed by atoms with Crippen molar-refractivity contribution in [1.29, 1.82) is 0 Å². The van der Waals surface area contributed by atoms with E-state index in [4.69, 9.17) is 11.6 Å². The van der Waals surface area contributed by atoms with Gasteiger partial charge >= 0.3 is 0 Å². The van der Waals surface area contributed by atoms with Gasteiger partial charge in [0.25, 0.3) is 5.91 Å². The smallest absolute Gasteiger partial charge is 0.253 e. The number of nitrogens with zero attached hydrogens (tertiary/aromatic N) is 1. The Hall–Kier alpha value is -1.89. The van der Waals surface area contributed by atoms with Gasteiger partial charge in [0.2, 0.25) is 10.0 Å². The molecule has 5 nitrogen and oxygen atoms in total. The highest BCUT2D eigenvalue weighted by molar-refractivity contribution is 7.89. The topological polar surface area (TPSA) is 66.5 Å². The number of benzene rings is 2. The van der Waals surface area contributed by atoms with Crippen LogP contribution in [-0.4, -0.2) is 31.7 Å². The van der Waals surface area contributed by atoms with E-state index in [1.54, 1.807) is 0 Å². The summed E-state index contributed by atoms with van der Waals surface area (Å²) in [4.78, 5) is 13.0. The SMILES string of the molecule is Cc1ccc(C(C)NC(=O)c2cc(S(=O)(=O)N3CCCCCC3)ccc2Cl)cc1C. The number of hydrogen-bond donors (Lipinski definition) is 1. The minimum Gasteiger partial charge on any atom is -0.345 e. The van der Waals surface area contributed by atoms with Crippen molar-refractivity contribution in [3.05, 3.63) is 63.7 Å². The third kappa shape index (κ3) is 5.05. The molecule has 1 fully saturated rings. The van der Waals surface area contributed by atoms with Crippen molar-refractivity contribution < 1.29 is 13.2 Å². The summed E-state index contributed by atoms with van der Waals surface area (Å²) in [5.74, 6) is -0.390. The molecule has 1 aliphatic heterocycles. The number of aryl methyl sites for hydroxylation is 2. The van der Waals surface area contributed by atoms with Crippen molar-refractivity contribution >= 4 is 27.5 Å². The molecule has 1 N–H and O–H groups in total. The van der Waals surface area contributed by atoms with E-state index < -0.39 is 15.9 Å². The van der Waals surface area contributed by atoms with Gasteiger partial charge in [0.15, 0.2) is 0 Å². The average molecular weight is 449 g/mol. The Kier molecular flexibility index (Phi) is 7.22. The molecule has 3 rings (SSSR count). The zero-order valence-corrected chi connectivity index (χ0v) is 19.3. The van der Waals surface area contributed by atoms with Crippen LogP contribution in [0.25, 0.3) is 0 Å². The van der Waals surface area contributed by atoms with Gasteiger partial charge in [0.05, 0.1) is 21.5 Å². The first-order chi connectivity index (χ1) is 14.2. The maximum Gasteiger partial charge on any atom is 0.253 e. The standard InChI is InChI=1S/C23H29ClN2O3S/c1-16-8-9-19(14-17(16)2)18(3)25-23(27)21-15-20(10-11-22(21)24)30(28,29)26-12-6-4-5-7-13-26/h8-11,14-15,18H,4-7,12-13H2,1-3H3,(H,25,27). The van der Waals surface area contributed by atoms with Crippen LogP contribution in [0.2, 0.25) is 5.02 Å². The molecule has 0 bridgehead atoms. The average Bonchev–Trinajstić information content (AvgIpc) is 3.00. The molecule has 1 aliphatic rings. The summed E-state index contributed by atoms with van der Waals surface area (Å²) >= 11 is 6.26. The second-order valence-electron chi connectivity index (χ2n) is 8.00. The lowest BCUT2D eigenvalue weighted by Crippen LogP contribution is -2.32. The molecule has 1 heterocycles. The molecule has 0 aromatic heterocycles. The summed E-state index contributed by atoms with van der Waals surface area (Å²) in [6, 6.07) is 10.2. The quantitative estimate of drug-likeness (QED) is 0.698. The predicted molar refractivity (Wildman–Crippen MR) is 120 cm³/mol. The number of nitrogens with one attached hydrogen (secondary N) is 1. The van der Waals surface area contributed by atoms with E-state index in [-0.39, 0.29) is 21.5 Å². The minimum atomic E-state index is -3.65. The van der Waals surface area contributed by atoms with Crippen molar-refractivity contribution in [3.63, 3.8) is 0 Å². The van der Waals surface area contributed by atoms with Gasteiger partial charge in [0, 0.05) is 13.1 Å². The van der Waals surface area contributed by atoms with Crippen molar-refractivity contribution in [2.45, 2.75) is 57.4 Å². The first kappa shape index (κ1) is 22.8. The Balaban J connectivity index is 1.83. The second kappa shape index (κ2) is 9.50. The molecule has 2 aromatic carbocycles. The van der Waals surface area contributed by atoms with Crippen LogP contribution in [0.5, 0.6) is 0 Å². The van der Waals surface area contributed by atoms with E-state index in [1.165, 1.54) is 28.1 Å². The largest absolute Gasteiger partial charge is 0.345 e. The first-order valence-electron chi connectivity index (χ1n) is 10.4. The number of hydrogen-bond acceptors (Lipinski definition) is 3. The maximum atomic E-state index is 13.1. The number of rotatable bonds is 5. The van der Waals surface area contributed by atoms with Gasteiger partial charge in [0.1, 0.15) is 0 Å². The molecule has 1 unspecified atom stereocenters. The molecule has 0 saturated carbocycles. The fourth-order valence-electron chi connectivity index (χ4n) is 3.66. The molecule has 1 atom stereocenters. The zero-order chi connectivity index (χ0) is 21.9. The van der Waals surface area contributed by atoms with Gasteiger partial charge in [-0.15, -0.1) is 0 Å². The Morgan fingerprint density at radius 1 is 1.00 bits per heavy atom. The van der Waals surface area contributed by atoms with Crippen molar-refractivity contribution in [2.24, 2.45) is 0 Å². The molecular formula is C23H29ClN2O3S. The molecule has 2 aromatic rings. The fourth-order valence-corrected chi connectivity index (χ4v) is 5.41. The van der Waals surface area contributed by atoms with E-state index in [0.29, 0.717) is 13.1 Å². The van der Waals surface area contributed by atoms with Crippen LogP contribution in [0.4, 0.5) is 0 Å². The van der Waals surface area contributed by atoms with Gasteiger partial charge in [-0.1, -0.05) is 42.6 Å². The molecule has 0 aliphatic carbocycles. The summed E-state index contributed by atoms with van der Waals surface area (Å²) in [6.07, 6.45) is 3.79. The highest BCUT2D eigenvalue weighted by atomic mass is 35.5. The third-order valence-corrected chi connectivity index (χ3v) is 7.99. The second-order valence-corrected chi connectivity index (χ2v) is 10.3. The highest BCUT2D eigenvalue weighted by Gasteiger charge is 2.27. The van der Waals surface area contributed by atoms with E-state index in [9.17, 15) is 13.2 Å². The number of sulfonamides is 1. The van der Waals surface area contributed by atoms with E-state index in [0.717, 1.165) is 36.8 Å². The molecule has 30 heavy (non-hydrogen) atoms. The van der Waals surface area contributed by atoms with Crippen LogP contribution in [-0.2, 0) is 10.0 Å². The van der Waals surface area contributed by atoms with Crippen LogP contribution < -0.4 is 5.32 Å². The van der Waals surface area contributed by atoms with Crippen LogP contribution in [0.15, 0.2) is 41.3 Å². The van der Waals surface area contributed by atoms with Gasteiger partial charge < -0.3 is 5.32 Å². The Morgan fingerprint density at radius 2 is 1.67 bits per heavy atom. The molecule has 1 amide bonds. The van der Waals surface area contributed by atoms with E-state index >= 15 is 0 Å². The Morgan fingerprint density at radius 3 is 2.30 bits per heavy atom. The summed E-state index contributed by atoms with van der Waals surface area (Å²) in [7, 11) is -3.65. The Labute approximate surface area is 184 Å². The Bertz CT molecular complexity index is 1030. The lowest BCUT2D eigenvalue weighted by atomic mass is 10.0. The zero-order valence-electron chi connectivity index (χ0n) is 17.7. The summed E-state index contributed by atoms with van der Waals surface area (Å²) in [6.45, 7) is 6.99. The lowest BCUT2D eigenvalue weighted by Gasteiger charge is -2.21. The third-order valence-electron chi connectivity index (χ3n) is 5.76. The highest BCUT2D eigenvalue weighted by Crippen LogP contribution is 2.26. The molecule has 7 heteroatoms. The number of amides is 1. The van der Waals surface area contributed by atoms with Crippen molar-refractivity contribution in [1.82, 2.24) is 9.62 Å². The number of carbonyl (C=O) groups excluding carboxylic acids is 1. The first-order valence-corrected chi connectivity index (χ1v) is 12.2. The maximum absolute atomic E-state index is 13.1. The van der Waals surface area contributed by atoms with Crippen molar-refractivity contribution in [2.75, 3.05) is 13.1 Å². The van der Waals surface area contributed by atoms with E-state index in [2.05, 4.69) is 5.32 Å². The van der Waals surface area contributed by atoms with Crippen molar-refractivity contribution in [3.8, 4) is 0 Å². The lowest BCUT2D eigenvalue weighted by molar-refractivity contribution is 0.0940. The van der Waals surface area contributed by atoms with Gasteiger partial charge in [-0.3, -0.25) is 4.79 Å². The van der Waals surface area contributed by atoms with Crippen LogP contribution >= 0.6 is 11.6 Å². The molecule has 0 spiro atoms. The molecule has 1 saturated heterocycles. The summed E-state index contributed by atoms with van der Waals surface area (Å²) in [5.41, 5.74) is 3.49. The van der Waals surface area contributed by atoms with Crippen LogP contribution in [0.1, 0.15) is 65.7 Å². The van der Waals surface area contributed by atoms with Crippen LogP contribution in [0.3, 0.4) is 0 Å². The van der Waals surface area contributed by atoms with Gasteiger partial charge in [-0.2, -0.15) is 4.31 Å². The fraction of sp³-hybridized carbons (Fsp3) is 0.435. The number of halogens is 1. The van der Waals surface area contributed by atoms with E-state index in [1.807, 2.05) is 39.0 Å². The normalized spacial score (nSPS) is 16.7. The molecule has 0 radical (unpaired) electrons. The molecule has 162 valence electrons. The van der Waals surface area contributed by atoms with Gasteiger partial charge in [-0.25, -0.2) is 8.42 Å². The summed E-state index contributed by atoms with van der Waals surface area (Å²) in [5, 5.41) is 3.17. The van der Waals surface area contributed by atoms with Crippen LogP contribution in [0, 0.1) is 13.8 Å².